The van der Waals surface area contributed by atoms with Crippen molar-refractivity contribution in [3.8, 4) is 0 Å². The van der Waals surface area contributed by atoms with Gasteiger partial charge in [0, 0.05) is 31.1 Å². The van der Waals surface area contributed by atoms with Crippen LogP contribution >= 0.6 is 0 Å². The van der Waals surface area contributed by atoms with Gasteiger partial charge in [0.05, 0.1) is 6.61 Å². The average Bonchev–Trinajstić information content (AvgIpc) is 2.36. The van der Waals surface area contributed by atoms with E-state index in [4.69, 9.17) is 10.5 Å². The predicted molar refractivity (Wildman–Crippen MR) is 83.6 cm³/mol. The van der Waals surface area contributed by atoms with Crippen LogP contribution in [0.15, 0.2) is 24.3 Å². The maximum atomic E-state index is 5.84. The molecular formula is C16H28N2O. The molecule has 0 spiro atoms. The Bertz CT molecular complexity index is 352. The highest BCUT2D eigenvalue weighted by molar-refractivity contribution is 5.55. The molecule has 0 bridgehead atoms. The summed E-state index contributed by atoms with van der Waals surface area (Å²) in [4.78, 5) is 2.34. The zero-order chi connectivity index (χ0) is 14.1. The first-order valence-electron chi connectivity index (χ1n) is 7.31. The first-order valence-corrected chi connectivity index (χ1v) is 7.31. The zero-order valence-corrected chi connectivity index (χ0v) is 12.6. The van der Waals surface area contributed by atoms with Gasteiger partial charge in [-0.1, -0.05) is 26.8 Å². The van der Waals surface area contributed by atoms with E-state index in [0.29, 0.717) is 5.92 Å². The number of nitrogen functional groups attached to an aromatic ring is 1. The van der Waals surface area contributed by atoms with E-state index in [2.05, 4.69) is 31.7 Å². The number of benzene rings is 1. The van der Waals surface area contributed by atoms with Gasteiger partial charge in [0.1, 0.15) is 0 Å². The van der Waals surface area contributed by atoms with Gasteiger partial charge >= 0.3 is 0 Å². The molecule has 3 nitrogen and oxygen atoms in total. The van der Waals surface area contributed by atoms with Gasteiger partial charge in [0.2, 0.25) is 0 Å². The third kappa shape index (κ3) is 6.48. The lowest BCUT2D eigenvalue weighted by Crippen LogP contribution is -2.28. The van der Waals surface area contributed by atoms with Crippen LogP contribution in [0.3, 0.4) is 0 Å². The van der Waals surface area contributed by atoms with Crippen LogP contribution in [0.25, 0.3) is 0 Å². The number of hydrogen-bond acceptors (Lipinski definition) is 3. The predicted octanol–water partition coefficient (Wildman–Crippen LogP) is 3.55. The Balaban J connectivity index is 2.40. The van der Waals surface area contributed by atoms with E-state index in [1.54, 1.807) is 0 Å². The molecule has 0 fully saturated rings. The number of rotatable bonds is 9. The van der Waals surface area contributed by atoms with Gasteiger partial charge in [0.25, 0.3) is 0 Å². The summed E-state index contributed by atoms with van der Waals surface area (Å²) in [6.07, 6.45) is 2.26. The minimum absolute atomic E-state index is 0.709. The maximum absolute atomic E-state index is 5.84. The largest absolute Gasteiger partial charge is 0.399 e. The van der Waals surface area contributed by atoms with E-state index in [0.717, 1.165) is 44.8 Å². The molecule has 0 aliphatic rings. The zero-order valence-electron chi connectivity index (χ0n) is 12.6. The van der Waals surface area contributed by atoms with Gasteiger partial charge in [-0.15, -0.1) is 0 Å². The molecule has 19 heavy (non-hydrogen) atoms. The quantitative estimate of drug-likeness (QED) is 0.547. The van der Waals surface area contributed by atoms with Crippen LogP contribution in [0, 0.1) is 5.92 Å². The summed E-state index contributed by atoms with van der Waals surface area (Å²) in [5, 5.41) is 0. The van der Waals surface area contributed by atoms with E-state index in [-0.39, 0.29) is 0 Å². The topological polar surface area (TPSA) is 38.5 Å². The second-order valence-corrected chi connectivity index (χ2v) is 5.38. The maximum Gasteiger partial charge on any atom is 0.0641 e. The Morgan fingerprint density at radius 3 is 2.63 bits per heavy atom. The summed E-state index contributed by atoms with van der Waals surface area (Å²) in [5.74, 6) is 0.709. The summed E-state index contributed by atoms with van der Waals surface area (Å²) in [6.45, 7) is 10.2. The molecule has 0 amide bonds. The Morgan fingerprint density at radius 1 is 1.21 bits per heavy atom. The molecule has 0 aromatic heterocycles. The standard InChI is InChI=1S/C16H28N2O/c1-4-9-18(10-12-19-11-8-14(2)3)16-7-5-6-15(17)13-16/h5-7,13-14H,4,8-12,17H2,1-3H3. The molecule has 108 valence electrons. The monoisotopic (exact) mass is 264 g/mol. The molecule has 0 saturated carbocycles. The minimum atomic E-state index is 0.709. The number of nitrogens with zero attached hydrogens (tertiary/aromatic N) is 1. The van der Waals surface area contributed by atoms with Crippen molar-refractivity contribution in [1.29, 1.82) is 0 Å². The molecule has 0 heterocycles. The van der Waals surface area contributed by atoms with Gasteiger partial charge in [-0.2, -0.15) is 0 Å². The first kappa shape index (κ1) is 15.8. The Morgan fingerprint density at radius 2 is 2.00 bits per heavy atom. The molecule has 1 aromatic carbocycles. The highest BCUT2D eigenvalue weighted by Gasteiger charge is 2.05. The van der Waals surface area contributed by atoms with Gasteiger partial charge in [-0.05, 0) is 37.0 Å². The number of hydrogen-bond donors (Lipinski definition) is 1. The normalized spacial score (nSPS) is 10.9. The lowest BCUT2D eigenvalue weighted by Gasteiger charge is -2.24. The van der Waals surface area contributed by atoms with E-state index in [1.807, 2.05) is 18.2 Å². The molecule has 0 aliphatic carbocycles. The van der Waals surface area contributed by atoms with Crippen molar-refractivity contribution >= 4 is 11.4 Å². The fourth-order valence-electron chi connectivity index (χ4n) is 1.96. The van der Waals surface area contributed by atoms with Crippen LogP contribution in [-0.4, -0.2) is 26.3 Å². The van der Waals surface area contributed by atoms with Crippen LogP contribution in [0.4, 0.5) is 11.4 Å². The fourth-order valence-corrected chi connectivity index (χ4v) is 1.96. The molecular weight excluding hydrogens is 236 g/mol. The molecule has 2 N–H and O–H groups in total. The SMILES string of the molecule is CCCN(CCOCCC(C)C)c1cccc(N)c1. The second-order valence-electron chi connectivity index (χ2n) is 5.38. The van der Waals surface area contributed by atoms with Crippen molar-refractivity contribution in [2.24, 2.45) is 5.92 Å². The van der Waals surface area contributed by atoms with E-state index in [9.17, 15) is 0 Å². The summed E-state index contributed by atoms with van der Waals surface area (Å²) in [6, 6.07) is 8.07. The average molecular weight is 264 g/mol. The summed E-state index contributed by atoms with van der Waals surface area (Å²) in [7, 11) is 0. The highest BCUT2D eigenvalue weighted by Crippen LogP contribution is 2.17. The van der Waals surface area contributed by atoms with E-state index in [1.165, 1.54) is 5.69 Å². The van der Waals surface area contributed by atoms with Crippen LogP contribution in [0.1, 0.15) is 33.6 Å². The molecule has 3 heteroatoms. The molecule has 0 unspecified atom stereocenters. The van der Waals surface area contributed by atoms with Gasteiger partial charge in [-0.3, -0.25) is 0 Å². The third-order valence-corrected chi connectivity index (χ3v) is 3.07. The molecule has 0 saturated heterocycles. The van der Waals surface area contributed by atoms with Crippen LogP contribution in [-0.2, 0) is 4.74 Å². The Labute approximate surface area is 117 Å². The van der Waals surface area contributed by atoms with Gasteiger partial charge in [0.15, 0.2) is 0 Å². The van der Waals surface area contributed by atoms with E-state index < -0.39 is 0 Å². The number of nitrogens with two attached hydrogens (primary N) is 1. The van der Waals surface area contributed by atoms with Crippen molar-refractivity contribution in [2.45, 2.75) is 33.6 Å². The molecule has 1 rings (SSSR count). The fraction of sp³-hybridized carbons (Fsp3) is 0.625. The summed E-state index contributed by atoms with van der Waals surface area (Å²) >= 11 is 0. The van der Waals surface area contributed by atoms with Gasteiger partial charge in [-0.25, -0.2) is 0 Å². The van der Waals surface area contributed by atoms with Gasteiger partial charge < -0.3 is 15.4 Å². The van der Waals surface area contributed by atoms with E-state index >= 15 is 0 Å². The molecule has 0 radical (unpaired) electrons. The van der Waals surface area contributed by atoms with Crippen molar-refractivity contribution < 1.29 is 4.74 Å². The summed E-state index contributed by atoms with van der Waals surface area (Å²) in [5.41, 5.74) is 7.85. The van der Waals surface area contributed by atoms with Crippen molar-refractivity contribution in [3.05, 3.63) is 24.3 Å². The highest BCUT2D eigenvalue weighted by atomic mass is 16.5. The lowest BCUT2D eigenvalue weighted by molar-refractivity contribution is 0.129. The van der Waals surface area contributed by atoms with Crippen LogP contribution in [0.5, 0.6) is 0 Å². The van der Waals surface area contributed by atoms with Crippen LogP contribution < -0.4 is 10.6 Å². The second kappa shape index (κ2) is 8.81. The molecule has 1 aromatic rings. The number of ether oxygens (including phenoxy) is 1. The van der Waals surface area contributed by atoms with Crippen LogP contribution in [0.2, 0.25) is 0 Å². The Hall–Kier alpha value is -1.22. The molecule has 0 atom stereocenters. The Kier molecular flexibility index (Phi) is 7.34. The smallest absolute Gasteiger partial charge is 0.0641 e. The lowest BCUT2D eigenvalue weighted by atomic mass is 10.1. The number of anilines is 2. The van der Waals surface area contributed by atoms with Crippen molar-refractivity contribution in [1.82, 2.24) is 0 Å². The minimum Gasteiger partial charge on any atom is -0.399 e. The molecule has 0 aliphatic heterocycles. The third-order valence-electron chi connectivity index (χ3n) is 3.07. The summed E-state index contributed by atoms with van der Waals surface area (Å²) < 4.78 is 5.70. The van der Waals surface area contributed by atoms with Crippen molar-refractivity contribution in [2.75, 3.05) is 36.9 Å². The first-order chi connectivity index (χ1) is 9.13. The van der Waals surface area contributed by atoms with Crippen molar-refractivity contribution in [3.63, 3.8) is 0 Å².